The van der Waals surface area contributed by atoms with E-state index in [0.29, 0.717) is 19.6 Å². The van der Waals surface area contributed by atoms with Crippen LogP contribution in [0.4, 0.5) is 0 Å². The Hall–Kier alpha value is -1.92. The molecule has 1 amide bonds. The number of ether oxygens (including phenoxy) is 2. The molecule has 2 rings (SSSR count). The van der Waals surface area contributed by atoms with Gasteiger partial charge >= 0.3 is 0 Å². The molecule has 2 aromatic rings. The number of halogens is 1. The number of benzene rings is 2. The van der Waals surface area contributed by atoms with E-state index < -0.39 is 0 Å². The summed E-state index contributed by atoms with van der Waals surface area (Å²) in [6.45, 7) is 1.09. The Morgan fingerprint density at radius 2 is 1.35 bits per heavy atom. The molecular weight excluding hydrogens is 352 g/mol. The second-order valence-corrected chi connectivity index (χ2v) is 5.71. The average Bonchev–Trinajstić information content (AvgIpc) is 2.63. The van der Waals surface area contributed by atoms with Gasteiger partial charge in [0.25, 0.3) is 0 Å². The third kappa shape index (κ3) is 9.53. The molecule has 0 aliphatic rings. The van der Waals surface area contributed by atoms with Gasteiger partial charge in [0.15, 0.2) is 0 Å². The Bertz CT molecular complexity index is 597. The van der Waals surface area contributed by atoms with E-state index in [9.17, 15) is 4.79 Å². The highest BCUT2D eigenvalue weighted by molar-refractivity contribution is 5.85. The van der Waals surface area contributed by atoms with Gasteiger partial charge < -0.3 is 20.9 Å². The summed E-state index contributed by atoms with van der Waals surface area (Å²) < 4.78 is 9.98. The molecule has 0 bridgehead atoms. The topological polar surface area (TPSA) is 87.6 Å². The lowest BCUT2D eigenvalue weighted by atomic mass is 9.96. The Kier molecular flexibility index (Phi) is 13.2. The first-order chi connectivity index (χ1) is 12.1. The number of nitrogens with two attached hydrogens (primary N) is 2. The van der Waals surface area contributed by atoms with Gasteiger partial charge in [-0.1, -0.05) is 60.7 Å². The maximum atomic E-state index is 10.8. The van der Waals surface area contributed by atoms with Gasteiger partial charge in [-0.25, -0.2) is 0 Å². The van der Waals surface area contributed by atoms with Crippen LogP contribution < -0.4 is 11.5 Å². The second kappa shape index (κ2) is 14.3. The van der Waals surface area contributed by atoms with Crippen LogP contribution in [0, 0.1) is 0 Å². The Morgan fingerprint density at radius 3 is 1.77 bits per heavy atom. The van der Waals surface area contributed by atoms with Gasteiger partial charge in [0, 0.05) is 26.6 Å². The van der Waals surface area contributed by atoms with Crippen molar-refractivity contribution in [3.8, 4) is 0 Å². The molecule has 4 N–H and O–H groups in total. The van der Waals surface area contributed by atoms with Crippen molar-refractivity contribution in [3.63, 3.8) is 0 Å². The summed E-state index contributed by atoms with van der Waals surface area (Å²) in [4.78, 5) is 10.8. The minimum Gasteiger partial charge on any atom is -0.384 e. The Labute approximate surface area is 162 Å². The molecule has 26 heavy (non-hydrogen) atoms. The van der Waals surface area contributed by atoms with Crippen molar-refractivity contribution in [2.75, 3.05) is 27.4 Å². The molecule has 5 nitrogen and oxygen atoms in total. The summed E-state index contributed by atoms with van der Waals surface area (Å²) in [5.41, 5.74) is 13.2. The van der Waals surface area contributed by atoms with E-state index in [-0.39, 0.29) is 30.3 Å². The van der Waals surface area contributed by atoms with Crippen LogP contribution in [0.2, 0.25) is 0 Å². The molecule has 0 radical (unpaired) electrons. The van der Waals surface area contributed by atoms with Crippen molar-refractivity contribution in [2.45, 2.75) is 18.4 Å². The first-order valence-electron chi connectivity index (χ1n) is 8.20. The van der Waals surface area contributed by atoms with Gasteiger partial charge in [0.1, 0.15) is 0 Å². The summed E-state index contributed by atoms with van der Waals surface area (Å²) in [5.74, 6) is -0.227. The molecule has 2 aromatic carbocycles. The third-order valence-electron chi connectivity index (χ3n) is 3.66. The lowest BCUT2D eigenvalue weighted by molar-refractivity contribution is -0.118. The van der Waals surface area contributed by atoms with Gasteiger partial charge in [-0.3, -0.25) is 4.79 Å². The highest BCUT2D eigenvalue weighted by atomic mass is 35.5. The van der Waals surface area contributed by atoms with Crippen LogP contribution in [-0.2, 0) is 14.3 Å². The highest BCUT2D eigenvalue weighted by Gasteiger charge is 2.13. The fraction of sp³-hybridized carbons (Fsp3) is 0.350. The molecule has 0 fully saturated rings. The van der Waals surface area contributed by atoms with Gasteiger partial charge in [0.2, 0.25) is 5.91 Å². The number of hydrogen-bond acceptors (Lipinski definition) is 4. The summed E-state index contributed by atoms with van der Waals surface area (Å²) in [7, 11) is 3.28. The molecule has 0 spiro atoms. The van der Waals surface area contributed by atoms with E-state index in [2.05, 4.69) is 0 Å². The average molecular weight is 381 g/mol. The molecule has 0 aromatic heterocycles. The molecule has 144 valence electrons. The first-order valence-corrected chi connectivity index (χ1v) is 8.20. The maximum absolute atomic E-state index is 10.8. The van der Waals surface area contributed by atoms with Crippen LogP contribution in [0.15, 0.2) is 60.7 Å². The predicted molar refractivity (Wildman–Crippen MR) is 107 cm³/mol. The number of carbonyl (C=O) groups is 1. The van der Waals surface area contributed by atoms with Crippen LogP contribution in [-0.4, -0.2) is 33.3 Å². The van der Waals surface area contributed by atoms with Crippen LogP contribution in [0.1, 0.15) is 29.5 Å². The zero-order chi connectivity index (χ0) is 18.5. The normalized spacial score (nSPS) is 12.1. The number of methoxy groups -OCH3 is 2. The number of rotatable bonds is 8. The van der Waals surface area contributed by atoms with Crippen LogP contribution in [0.25, 0.3) is 0 Å². The van der Waals surface area contributed by atoms with Gasteiger partial charge in [-0.2, -0.15) is 0 Å². The summed E-state index contributed by atoms with van der Waals surface area (Å²) in [6.07, 6.45) is 0.331. The maximum Gasteiger partial charge on any atom is 0.218 e. The first kappa shape index (κ1) is 24.1. The quantitative estimate of drug-likeness (QED) is 0.736. The standard InChI is InChI=1S/C11H15NO2.C9H13NO.ClH/c1-14-8-10(7-11(12)13)9-5-3-2-4-6-9;1-11-7-9(10)8-5-3-2-4-6-8;/h2-6,10H,7-8H2,1H3,(H2,12,13);2-6,9H,7,10H2,1H3;1H/t10-;9-;/m11./s1. The Balaban J connectivity index is 0.000000475. The van der Waals surface area contributed by atoms with Crippen molar-refractivity contribution in [3.05, 3.63) is 71.8 Å². The lowest BCUT2D eigenvalue weighted by Gasteiger charge is -2.14. The monoisotopic (exact) mass is 380 g/mol. The lowest BCUT2D eigenvalue weighted by Crippen LogP contribution is -2.18. The predicted octanol–water partition coefficient (Wildman–Crippen LogP) is 3.05. The number of carbonyl (C=O) groups excluding carboxylic acids is 1. The van der Waals surface area contributed by atoms with Crippen LogP contribution >= 0.6 is 12.4 Å². The van der Waals surface area contributed by atoms with Crippen molar-refractivity contribution in [1.82, 2.24) is 0 Å². The van der Waals surface area contributed by atoms with E-state index in [1.54, 1.807) is 14.2 Å². The minimum absolute atomic E-state index is 0. The molecule has 0 aliphatic carbocycles. The summed E-state index contributed by atoms with van der Waals surface area (Å²) >= 11 is 0. The second-order valence-electron chi connectivity index (χ2n) is 5.71. The highest BCUT2D eigenvalue weighted by Crippen LogP contribution is 2.19. The fourth-order valence-corrected chi connectivity index (χ4v) is 2.42. The molecule has 0 heterocycles. The Morgan fingerprint density at radius 1 is 0.885 bits per heavy atom. The van der Waals surface area contributed by atoms with E-state index in [1.165, 1.54) is 0 Å². The van der Waals surface area contributed by atoms with Gasteiger partial charge in [0.05, 0.1) is 19.3 Å². The summed E-state index contributed by atoms with van der Waals surface area (Å²) in [5, 5.41) is 0. The van der Waals surface area contributed by atoms with E-state index in [0.717, 1.165) is 11.1 Å². The van der Waals surface area contributed by atoms with Crippen molar-refractivity contribution in [1.29, 1.82) is 0 Å². The summed E-state index contributed by atoms with van der Waals surface area (Å²) in [6, 6.07) is 19.7. The molecule has 0 saturated carbocycles. The SMILES string of the molecule is COC[C@@H](CC(N)=O)c1ccccc1.COC[C@@H](N)c1ccccc1.Cl. The molecule has 0 saturated heterocycles. The largest absolute Gasteiger partial charge is 0.384 e. The van der Waals surface area contributed by atoms with Crippen molar-refractivity contribution in [2.24, 2.45) is 11.5 Å². The van der Waals surface area contributed by atoms with Gasteiger partial charge in [-0.05, 0) is 11.1 Å². The van der Waals surface area contributed by atoms with Crippen molar-refractivity contribution >= 4 is 18.3 Å². The van der Waals surface area contributed by atoms with Crippen LogP contribution in [0.3, 0.4) is 0 Å². The van der Waals surface area contributed by atoms with Crippen molar-refractivity contribution < 1.29 is 14.3 Å². The third-order valence-corrected chi connectivity index (χ3v) is 3.66. The molecule has 2 atom stereocenters. The fourth-order valence-electron chi connectivity index (χ4n) is 2.42. The molecule has 6 heteroatoms. The smallest absolute Gasteiger partial charge is 0.218 e. The number of amides is 1. The zero-order valence-electron chi connectivity index (χ0n) is 15.3. The molecule has 0 aliphatic heterocycles. The van der Waals surface area contributed by atoms with E-state index >= 15 is 0 Å². The van der Waals surface area contributed by atoms with E-state index in [4.69, 9.17) is 20.9 Å². The number of hydrogen-bond donors (Lipinski definition) is 2. The molecular formula is C20H29ClN2O3. The van der Waals surface area contributed by atoms with Gasteiger partial charge in [-0.15, -0.1) is 12.4 Å². The van der Waals surface area contributed by atoms with E-state index in [1.807, 2.05) is 60.7 Å². The molecule has 0 unspecified atom stereocenters. The number of primary amides is 1. The van der Waals surface area contributed by atoms with Crippen LogP contribution in [0.5, 0.6) is 0 Å². The minimum atomic E-state index is -0.295. The zero-order valence-corrected chi connectivity index (χ0v) is 16.2.